The molecule has 0 radical (unpaired) electrons. The van der Waals surface area contributed by atoms with E-state index in [0.29, 0.717) is 19.5 Å². The zero-order chi connectivity index (χ0) is 17.4. The van der Waals surface area contributed by atoms with Gasteiger partial charge in [-0.1, -0.05) is 30.3 Å². The molecule has 0 atom stereocenters. The molecule has 0 unspecified atom stereocenters. The standard InChI is InChI=1S/C18H18N4O2S/c1-14-11-18-19-12-16-13-21(9-7-17(16)22(18)20-14)25(23,24)10-8-15-5-3-2-4-6-15/h2-6,8,10-12H,7,9,13H2,1H3. The topological polar surface area (TPSA) is 67.6 Å². The lowest BCUT2D eigenvalue weighted by Gasteiger charge is -2.26. The van der Waals surface area contributed by atoms with Gasteiger partial charge < -0.3 is 0 Å². The Morgan fingerprint density at radius 3 is 2.80 bits per heavy atom. The van der Waals surface area contributed by atoms with Crippen molar-refractivity contribution in [1.29, 1.82) is 0 Å². The van der Waals surface area contributed by atoms with Crippen LogP contribution >= 0.6 is 0 Å². The molecule has 2 aromatic heterocycles. The van der Waals surface area contributed by atoms with Crippen LogP contribution in [0.15, 0.2) is 48.0 Å². The minimum atomic E-state index is -3.48. The molecule has 1 aliphatic heterocycles. The summed E-state index contributed by atoms with van der Waals surface area (Å²) in [5.74, 6) is 0. The molecular weight excluding hydrogens is 336 g/mol. The number of benzene rings is 1. The molecule has 0 aliphatic carbocycles. The lowest BCUT2D eigenvalue weighted by molar-refractivity contribution is 0.389. The van der Waals surface area contributed by atoms with Gasteiger partial charge in [-0.25, -0.2) is 17.9 Å². The van der Waals surface area contributed by atoms with Crippen molar-refractivity contribution in [2.45, 2.75) is 19.9 Å². The van der Waals surface area contributed by atoms with Crippen LogP contribution in [0.25, 0.3) is 11.7 Å². The molecule has 128 valence electrons. The van der Waals surface area contributed by atoms with Crippen LogP contribution in [0, 0.1) is 6.92 Å². The van der Waals surface area contributed by atoms with Crippen LogP contribution in [0.3, 0.4) is 0 Å². The third-order valence-corrected chi connectivity index (χ3v) is 5.84. The Morgan fingerprint density at radius 1 is 1.20 bits per heavy atom. The van der Waals surface area contributed by atoms with Gasteiger partial charge in [0.1, 0.15) is 0 Å². The van der Waals surface area contributed by atoms with Crippen molar-refractivity contribution >= 4 is 21.7 Å². The highest BCUT2D eigenvalue weighted by Crippen LogP contribution is 2.22. The highest BCUT2D eigenvalue weighted by Gasteiger charge is 2.26. The fourth-order valence-corrected chi connectivity index (χ4v) is 4.23. The van der Waals surface area contributed by atoms with E-state index in [1.807, 2.05) is 47.8 Å². The average molecular weight is 354 g/mol. The third-order valence-electron chi connectivity index (χ3n) is 4.33. The Bertz CT molecular complexity index is 1060. The van der Waals surface area contributed by atoms with Gasteiger partial charge in [-0.05, 0) is 18.6 Å². The molecule has 7 heteroatoms. The molecule has 25 heavy (non-hydrogen) atoms. The lowest BCUT2D eigenvalue weighted by atomic mass is 10.1. The van der Waals surface area contributed by atoms with Gasteiger partial charge >= 0.3 is 0 Å². The van der Waals surface area contributed by atoms with Gasteiger partial charge in [0.15, 0.2) is 5.65 Å². The van der Waals surface area contributed by atoms with E-state index in [-0.39, 0.29) is 0 Å². The van der Waals surface area contributed by atoms with Crippen molar-refractivity contribution in [3.05, 3.63) is 70.5 Å². The number of rotatable bonds is 3. The molecule has 0 N–H and O–H groups in total. The normalized spacial score (nSPS) is 15.7. The maximum atomic E-state index is 12.6. The molecule has 0 saturated carbocycles. The highest BCUT2D eigenvalue weighted by molar-refractivity contribution is 7.92. The fraction of sp³-hybridized carbons (Fsp3) is 0.222. The Kier molecular flexibility index (Phi) is 3.89. The Hall–Kier alpha value is -2.51. The van der Waals surface area contributed by atoms with Gasteiger partial charge in [-0.3, -0.25) is 0 Å². The lowest BCUT2D eigenvalue weighted by Crippen LogP contribution is -2.35. The number of hydrogen-bond acceptors (Lipinski definition) is 4. The van der Waals surface area contributed by atoms with E-state index in [4.69, 9.17) is 0 Å². The SMILES string of the molecule is Cc1cc2ncc3c(n2n1)CCN(S(=O)(=O)C=Cc1ccccc1)C3. The minimum Gasteiger partial charge on any atom is -0.237 e. The maximum absolute atomic E-state index is 12.6. The van der Waals surface area contributed by atoms with Crippen LogP contribution in [-0.2, 0) is 23.0 Å². The molecule has 0 bridgehead atoms. The summed E-state index contributed by atoms with van der Waals surface area (Å²) in [5, 5.41) is 5.74. The van der Waals surface area contributed by atoms with Crippen LogP contribution < -0.4 is 0 Å². The summed E-state index contributed by atoms with van der Waals surface area (Å²) in [6.07, 6.45) is 4.01. The molecule has 1 aromatic carbocycles. The number of aryl methyl sites for hydroxylation is 1. The monoisotopic (exact) mass is 354 g/mol. The first-order valence-electron chi connectivity index (χ1n) is 8.09. The predicted molar refractivity (Wildman–Crippen MR) is 96.2 cm³/mol. The Labute approximate surface area is 146 Å². The summed E-state index contributed by atoms with van der Waals surface area (Å²) in [4.78, 5) is 4.39. The first kappa shape index (κ1) is 16.0. The summed E-state index contributed by atoms with van der Waals surface area (Å²) in [7, 11) is -3.48. The van der Waals surface area contributed by atoms with Gasteiger partial charge in [-0.15, -0.1) is 0 Å². The second-order valence-corrected chi connectivity index (χ2v) is 7.95. The van der Waals surface area contributed by atoms with E-state index < -0.39 is 10.0 Å². The van der Waals surface area contributed by atoms with Crippen LogP contribution in [-0.4, -0.2) is 33.9 Å². The first-order chi connectivity index (χ1) is 12.0. The first-order valence-corrected chi connectivity index (χ1v) is 9.60. The van der Waals surface area contributed by atoms with E-state index in [1.165, 1.54) is 9.71 Å². The van der Waals surface area contributed by atoms with Gasteiger partial charge in [0.2, 0.25) is 10.0 Å². The Morgan fingerprint density at radius 2 is 2.00 bits per heavy atom. The van der Waals surface area contributed by atoms with Crippen molar-refractivity contribution < 1.29 is 8.42 Å². The highest BCUT2D eigenvalue weighted by atomic mass is 32.2. The smallest absolute Gasteiger partial charge is 0.236 e. The molecule has 3 heterocycles. The zero-order valence-electron chi connectivity index (χ0n) is 13.8. The predicted octanol–water partition coefficient (Wildman–Crippen LogP) is 2.40. The third kappa shape index (κ3) is 3.08. The van der Waals surface area contributed by atoms with E-state index in [2.05, 4.69) is 10.1 Å². The number of nitrogens with zero attached hydrogens (tertiary/aromatic N) is 4. The zero-order valence-corrected chi connectivity index (χ0v) is 14.6. The second-order valence-electron chi connectivity index (χ2n) is 6.13. The van der Waals surface area contributed by atoms with Gasteiger partial charge in [-0.2, -0.15) is 9.40 Å². The molecule has 0 amide bonds. The maximum Gasteiger partial charge on any atom is 0.236 e. The number of sulfonamides is 1. The van der Waals surface area contributed by atoms with Crippen LogP contribution in [0.1, 0.15) is 22.5 Å². The van der Waals surface area contributed by atoms with Crippen molar-refractivity contribution in [2.24, 2.45) is 0 Å². The van der Waals surface area contributed by atoms with Gasteiger partial charge in [0.05, 0.1) is 11.4 Å². The van der Waals surface area contributed by atoms with Crippen LogP contribution in [0.5, 0.6) is 0 Å². The van der Waals surface area contributed by atoms with Crippen molar-refractivity contribution in [3.63, 3.8) is 0 Å². The van der Waals surface area contributed by atoms with E-state index >= 15 is 0 Å². The molecule has 6 nitrogen and oxygen atoms in total. The summed E-state index contributed by atoms with van der Waals surface area (Å²) < 4.78 is 28.6. The van der Waals surface area contributed by atoms with Gasteiger partial charge in [0.25, 0.3) is 0 Å². The molecule has 3 aromatic rings. The molecule has 0 spiro atoms. The number of aromatic nitrogens is 3. The largest absolute Gasteiger partial charge is 0.237 e. The Balaban J connectivity index is 1.61. The van der Waals surface area contributed by atoms with Crippen molar-refractivity contribution in [1.82, 2.24) is 18.9 Å². The molecular formula is C18H18N4O2S. The van der Waals surface area contributed by atoms with E-state index in [0.717, 1.165) is 28.2 Å². The van der Waals surface area contributed by atoms with Crippen molar-refractivity contribution in [2.75, 3.05) is 6.54 Å². The van der Waals surface area contributed by atoms with Gasteiger partial charge in [0, 0.05) is 42.7 Å². The van der Waals surface area contributed by atoms with E-state index in [9.17, 15) is 8.42 Å². The molecule has 1 aliphatic rings. The summed E-state index contributed by atoms with van der Waals surface area (Å²) in [6.45, 7) is 2.68. The fourth-order valence-electron chi connectivity index (χ4n) is 3.06. The number of fused-ring (bicyclic) bond motifs is 3. The second kappa shape index (κ2) is 6.09. The minimum absolute atomic E-state index is 0.318. The quantitative estimate of drug-likeness (QED) is 0.724. The molecule has 0 saturated heterocycles. The summed E-state index contributed by atoms with van der Waals surface area (Å²) in [6, 6.07) is 11.3. The summed E-state index contributed by atoms with van der Waals surface area (Å²) in [5.41, 5.74) is 4.51. The summed E-state index contributed by atoms with van der Waals surface area (Å²) >= 11 is 0. The average Bonchev–Trinajstić information content (AvgIpc) is 3.01. The molecule has 0 fully saturated rings. The van der Waals surface area contributed by atoms with Crippen LogP contribution in [0.4, 0.5) is 0 Å². The molecule has 4 rings (SSSR count). The van der Waals surface area contributed by atoms with Crippen LogP contribution in [0.2, 0.25) is 0 Å². The van der Waals surface area contributed by atoms with Crippen molar-refractivity contribution in [3.8, 4) is 0 Å². The van der Waals surface area contributed by atoms with E-state index in [1.54, 1.807) is 12.3 Å². The number of hydrogen-bond donors (Lipinski definition) is 0.